The van der Waals surface area contributed by atoms with Crippen LogP contribution in [0.15, 0.2) is 41.8 Å². The van der Waals surface area contributed by atoms with Crippen molar-refractivity contribution in [2.45, 2.75) is 0 Å². The molecule has 0 amide bonds. The van der Waals surface area contributed by atoms with Gasteiger partial charge in [0.25, 0.3) is 0 Å². The zero-order chi connectivity index (χ0) is 13.8. The molecule has 2 rings (SSSR count). The molecule has 0 bridgehead atoms. The van der Waals surface area contributed by atoms with Gasteiger partial charge in [-0.25, -0.2) is 0 Å². The van der Waals surface area contributed by atoms with Crippen LogP contribution in [-0.2, 0) is 4.79 Å². The van der Waals surface area contributed by atoms with E-state index in [9.17, 15) is 9.90 Å². The average Bonchev–Trinajstić information content (AvgIpc) is 2.89. The highest BCUT2D eigenvalue weighted by atomic mass is 32.1. The predicted molar refractivity (Wildman–Crippen MR) is 69.7 cm³/mol. The molecule has 98 valence electrons. The maximum absolute atomic E-state index is 11.2. The quantitative estimate of drug-likeness (QED) is 0.655. The Kier molecular flexibility index (Phi) is 3.96. The van der Waals surface area contributed by atoms with E-state index in [0.29, 0.717) is 10.4 Å². The third-order valence-corrected chi connectivity index (χ3v) is 3.36. The number of benzene rings is 1. The van der Waals surface area contributed by atoms with Gasteiger partial charge in [-0.1, -0.05) is 24.3 Å². The molecule has 2 aromatic rings. The average molecular weight is 276 g/mol. The topological polar surface area (TPSA) is 83.8 Å². The standard InChI is InChI=1S/C13H11NO4S/c15-13(16)10(12-6-3-7-19-12)8-9-4-1-2-5-11(9)14(17)18/h1-8,17-18H,(H,15,16)/p-1/b10-8+. The molecule has 1 heterocycles. The van der Waals surface area contributed by atoms with Gasteiger partial charge in [0.05, 0.1) is 5.97 Å². The zero-order valence-corrected chi connectivity index (χ0v) is 10.5. The Balaban J connectivity index is 2.51. The summed E-state index contributed by atoms with van der Waals surface area (Å²) in [5.41, 5.74) is 0.433. The molecule has 0 radical (unpaired) electrons. The number of hydrogen-bond donors (Lipinski definition) is 2. The lowest BCUT2D eigenvalue weighted by atomic mass is 10.1. The van der Waals surface area contributed by atoms with Crippen LogP contribution >= 0.6 is 11.3 Å². The normalized spacial score (nSPS) is 11.4. The van der Waals surface area contributed by atoms with Crippen molar-refractivity contribution < 1.29 is 20.3 Å². The van der Waals surface area contributed by atoms with Crippen LogP contribution in [0, 0.1) is 0 Å². The number of carbonyl (C=O) groups is 1. The third kappa shape index (κ3) is 3.00. The van der Waals surface area contributed by atoms with E-state index < -0.39 is 5.97 Å². The molecule has 19 heavy (non-hydrogen) atoms. The summed E-state index contributed by atoms with van der Waals surface area (Å²) in [5, 5.41) is 31.0. The van der Waals surface area contributed by atoms with E-state index in [4.69, 9.17) is 10.4 Å². The lowest BCUT2D eigenvalue weighted by Crippen LogP contribution is -2.23. The number of anilines is 1. The number of hydrogen-bond acceptors (Lipinski definition) is 6. The van der Waals surface area contributed by atoms with Crippen LogP contribution in [0.5, 0.6) is 0 Å². The summed E-state index contributed by atoms with van der Waals surface area (Å²) in [5.74, 6) is -1.32. The molecular weight excluding hydrogens is 266 g/mol. The summed E-state index contributed by atoms with van der Waals surface area (Å²) in [6.45, 7) is 0. The van der Waals surface area contributed by atoms with Crippen LogP contribution in [0.3, 0.4) is 0 Å². The fourth-order valence-corrected chi connectivity index (χ4v) is 2.34. The number of rotatable bonds is 4. The smallest absolute Gasteiger partial charge is 0.101 e. The van der Waals surface area contributed by atoms with E-state index in [0.717, 1.165) is 0 Å². The van der Waals surface area contributed by atoms with E-state index >= 15 is 0 Å². The Morgan fingerprint density at radius 1 is 1.21 bits per heavy atom. The van der Waals surface area contributed by atoms with Gasteiger partial charge in [-0.3, -0.25) is 10.4 Å². The van der Waals surface area contributed by atoms with Crippen molar-refractivity contribution in [2.75, 3.05) is 5.23 Å². The van der Waals surface area contributed by atoms with Crippen LogP contribution < -0.4 is 10.3 Å². The summed E-state index contributed by atoms with van der Waals surface area (Å²) < 4.78 is 0. The minimum absolute atomic E-state index is 0.00991. The summed E-state index contributed by atoms with van der Waals surface area (Å²) in [6, 6.07) is 9.69. The molecule has 0 saturated heterocycles. The van der Waals surface area contributed by atoms with Crippen LogP contribution in [-0.4, -0.2) is 16.4 Å². The minimum atomic E-state index is -1.32. The van der Waals surface area contributed by atoms with Crippen molar-refractivity contribution in [1.29, 1.82) is 0 Å². The monoisotopic (exact) mass is 276 g/mol. The lowest BCUT2D eigenvalue weighted by molar-refractivity contribution is -0.295. The summed E-state index contributed by atoms with van der Waals surface area (Å²) >= 11 is 1.27. The first-order valence-corrected chi connectivity index (χ1v) is 6.21. The van der Waals surface area contributed by atoms with Gasteiger partial charge in [0, 0.05) is 16.0 Å². The summed E-state index contributed by atoms with van der Waals surface area (Å²) in [7, 11) is 0. The molecule has 0 aliphatic carbocycles. The highest BCUT2D eigenvalue weighted by Gasteiger charge is 2.08. The second kappa shape index (κ2) is 5.66. The van der Waals surface area contributed by atoms with Crippen LogP contribution in [0.4, 0.5) is 5.69 Å². The highest BCUT2D eigenvalue weighted by molar-refractivity contribution is 7.11. The SMILES string of the molecule is O=C([O-])/C(=C/c1ccccc1N(O)O)c1cccs1. The van der Waals surface area contributed by atoms with Gasteiger partial charge in [0.15, 0.2) is 0 Å². The Labute approximate surface area is 113 Å². The van der Waals surface area contributed by atoms with Crippen molar-refractivity contribution in [3.63, 3.8) is 0 Å². The maximum Gasteiger partial charge on any atom is 0.101 e. The largest absolute Gasteiger partial charge is 0.545 e. The molecule has 0 spiro atoms. The van der Waals surface area contributed by atoms with Gasteiger partial charge >= 0.3 is 0 Å². The first-order chi connectivity index (χ1) is 9.09. The Morgan fingerprint density at radius 2 is 1.95 bits per heavy atom. The number of carboxylic acid groups (broad SMARTS) is 1. The number of nitrogens with zero attached hydrogens (tertiary/aromatic N) is 1. The molecule has 0 aliphatic rings. The fraction of sp³-hybridized carbons (Fsp3) is 0. The van der Waals surface area contributed by atoms with Gasteiger partial charge < -0.3 is 9.90 Å². The molecule has 0 atom stereocenters. The van der Waals surface area contributed by atoms with E-state index in [-0.39, 0.29) is 16.5 Å². The number of thiophene rings is 1. The lowest BCUT2D eigenvalue weighted by Gasteiger charge is -2.13. The molecule has 1 aromatic heterocycles. The minimum Gasteiger partial charge on any atom is -0.545 e. The molecule has 6 heteroatoms. The van der Waals surface area contributed by atoms with Crippen molar-refractivity contribution in [3.8, 4) is 0 Å². The van der Waals surface area contributed by atoms with Crippen molar-refractivity contribution in [3.05, 3.63) is 52.2 Å². The van der Waals surface area contributed by atoms with Crippen LogP contribution in [0.2, 0.25) is 0 Å². The molecule has 0 aliphatic heterocycles. The van der Waals surface area contributed by atoms with Gasteiger partial charge in [-0.15, -0.1) is 16.6 Å². The second-order valence-electron chi connectivity index (χ2n) is 3.67. The first-order valence-electron chi connectivity index (χ1n) is 5.33. The molecule has 5 nitrogen and oxygen atoms in total. The molecule has 0 saturated carbocycles. The first kappa shape index (κ1) is 13.3. The molecule has 0 fully saturated rings. The van der Waals surface area contributed by atoms with Gasteiger partial charge in [-0.2, -0.15) is 0 Å². The van der Waals surface area contributed by atoms with Gasteiger partial charge in [0.2, 0.25) is 0 Å². The van der Waals surface area contributed by atoms with Crippen LogP contribution in [0.1, 0.15) is 10.4 Å². The number of carbonyl (C=O) groups excluding carboxylic acids is 1. The van der Waals surface area contributed by atoms with E-state index in [1.165, 1.54) is 23.5 Å². The summed E-state index contributed by atoms with van der Waals surface area (Å²) in [4.78, 5) is 11.7. The van der Waals surface area contributed by atoms with E-state index in [1.807, 2.05) is 0 Å². The highest BCUT2D eigenvalue weighted by Crippen LogP contribution is 2.26. The van der Waals surface area contributed by atoms with Gasteiger partial charge in [0.1, 0.15) is 5.69 Å². The van der Waals surface area contributed by atoms with Crippen molar-refractivity contribution in [2.24, 2.45) is 0 Å². The molecular formula is C13H10NO4S-. The van der Waals surface area contributed by atoms with E-state index in [2.05, 4.69) is 0 Å². The number of aliphatic carboxylic acids is 1. The molecule has 1 aromatic carbocycles. The maximum atomic E-state index is 11.2. The fourth-order valence-electron chi connectivity index (χ4n) is 1.61. The number of carboxylic acids is 1. The zero-order valence-electron chi connectivity index (χ0n) is 9.69. The Bertz CT molecular complexity index is 605. The van der Waals surface area contributed by atoms with Gasteiger partial charge in [-0.05, 0) is 23.6 Å². The third-order valence-electron chi connectivity index (χ3n) is 2.46. The predicted octanol–water partition coefficient (Wildman–Crippen LogP) is 1.62. The number of para-hydroxylation sites is 1. The molecule has 0 unspecified atom stereocenters. The Hall–Kier alpha value is -2.15. The van der Waals surface area contributed by atoms with Crippen LogP contribution in [0.25, 0.3) is 11.6 Å². The second-order valence-corrected chi connectivity index (χ2v) is 4.62. The van der Waals surface area contributed by atoms with Crippen molar-refractivity contribution in [1.82, 2.24) is 0 Å². The van der Waals surface area contributed by atoms with Crippen molar-refractivity contribution >= 4 is 34.6 Å². The van der Waals surface area contributed by atoms with E-state index in [1.54, 1.807) is 35.7 Å². The Morgan fingerprint density at radius 3 is 2.53 bits per heavy atom. The summed E-state index contributed by atoms with van der Waals surface area (Å²) in [6.07, 6.45) is 1.34. The molecule has 2 N–H and O–H groups in total.